The van der Waals surface area contributed by atoms with Crippen molar-refractivity contribution in [1.29, 1.82) is 0 Å². The fourth-order valence-corrected chi connectivity index (χ4v) is 3.44. The molecule has 1 fully saturated rings. The number of rotatable bonds is 11. The summed E-state index contributed by atoms with van der Waals surface area (Å²) in [5.74, 6) is -0.494. The zero-order valence-corrected chi connectivity index (χ0v) is 17.1. The molecule has 0 aliphatic heterocycles. The van der Waals surface area contributed by atoms with Crippen molar-refractivity contribution in [3.05, 3.63) is 77.3 Å². The normalized spacial score (nSPS) is 17.8. The van der Waals surface area contributed by atoms with E-state index < -0.39 is 5.91 Å². The van der Waals surface area contributed by atoms with Gasteiger partial charge in [0.25, 0.3) is 5.91 Å². The number of hydrogen-bond acceptors (Lipinski definition) is 7. The van der Waals surface area contributed by atoms with Gasteiger partial charge in [0.1, 0.15) is 6.73 Å². The highest BCUT2D eigenvalue weighted by Crippen LogP contribution is 2.26. The molecule has 1 amide bonds. The SMILES string of the molecule is [N-]=[N+]=NCOC1CCC(NC(=O)/C(=C/N=O)c2cc(CN=[N+]=[N-])ccc2CN=[N+]=[N-])CC1. The molecule has 1 N–H and O–H groups in total. The fraction of sp³-hybridized carbons (Fsp3) is 0.500. The first-order valence-corrected chi connectivity index (χ1v) is 9.72. The molecule has 1 aromatic carbocycles. The summed E-state index contributed by atoms with van der Waals surface area (Å²) in [7, 11) is 0. The molecule has 1 saturated carbocycles. The van der Waals surface area contributed by atoms with Crippen molar-refractivity contribution in [3.8, 4) is 0 Å². The van der Waals surface area contributed by atoms with Gasteiger partial charge < -0.3 is 10.1 Å². The Labute approximate surface area is 182 Å². The van der Waals surface area contributed by atoms with E-state index in [9.17, 15) is 9.70 Å². The molecule has 32 heavy (non-hydrogen) atoms. The van der Waals surface area contributed by atoms with Crippen LogP contribution in [-0.2, 0) is 22.6 Å². The van der Waals surface area contributed by atoms with Gasteiger partial charge in [-0.2, -0.15) is 0 Å². The number of ether oxygens (including phenoxy) is 1. The van der Waals surface area contributed by atoms with Gasteiger partial charge in [-0.25, -0.2) is 0 Å². The minimum Gasteiger partial charge on any atom is -0.372 e. The van der Waals surface area contributed by atoms with E-state index >= 15 is 0 Å². The summed E-state index contributed by atoms with van der Waals surface area (Å²) in [5, 5.41) is 16.1. The molecule has 0 bridgehead atoms. The van der Waals surface area contributed by atoms with Crippen LogP contribution in [0.15, 0.2) is 44.9 Å². The van der Waals surface area contributed by atoms with Crippen LogP contribution in [0.3, 0.4) is 0 Å². The van der Waals surface area contributed by atoms with Crippen LogP contribution in [0, 0.1) is 4.91 Å². The quantitative estimate of drug-likeness (QED) is 0.163. The maximum atomic E-state index is 13.0. The lowest BCUT2D eigenvalue weighted by Crippen LogP contribution is -2.39. The van der Waals surface area contributed by atoms with Crippen LogP contribution in [0.2, 0.25) is 0 Å². The minimum atomic E-state index is -0.494. The van der Waals surface area contributed by atoms with Crippen molar-refractivity contribution in [2.45, 2.75) is 50.9 Å². The summed E-state index contributed by atoms with van der Waals surface area (Å²) < 4.78 is 5.46. The molecule has 14 heteroatoms. The summed E-state index contributed by atoms with van der Waals surface area (Å²) in [6, 6.07) is 4.80. The van der Waals surface area contributed by atoms with Crippen molar-refractivity contribution >= 4 is 11.5 Å². The second-order valence-electron chi connectivity index (χ2n) is 6.89. The maximum absolute atomic E-state index is 13.0. The summed E-state index contributed by atoms with van der Waals surface area (Å²) >= 11 is 0. The second kappa shape index (κ2) is 13.3. The third-order valence-electron chi connectivity index (χ3n) is 4.95. The Hall–Kier alpha value is -4.08. The van der Waals surface area contributed by atoms with Crippen molar-refractivity contribution in [2.75, 3.05) is 6.73 Å². The van der Waals surface area contributed by atoms with Crippen LogP contribution in [0.5, 0.6) is 0 Å². The molecule has 0 radical (unpaired) electrons. The van der Waals surface area contributed by atoms with Crippen LogP contribution >= 0.6 is 0 Å². The number of carbonyl (C=O) groups excluding carboxylic acids is 1. The van der Waals surface area contributed by atoms with Crippen LogP contribution in [-0.4, -0.2) is 24.8 Å². The van der Waals surface area contributed by atoms with Crippen molar-refractivity contribution in [1.82, 2.24) is 5.32 Å². The first kappa shape index (κ1) is 24.2. The topological polar surface area (TPSA) is 214 Å². The highest BCUT2D eigenvalue weighted by atomic mass is 16.5. The van der Waals surface area contributed by atoms with E-state index in [1.165, 1.54) is 0 Å². The van der Waals surface area contributed by atoms with Crippen LogP contribution in [0.25, 0.3) is 36.9 Å². The third kappa shape index (κ3) is 7.31. The molecule has 1 aliphatic carbocycles. The summed E-state index contributed by atoms with van der Waals surface area (Å²) in [6.45, 7) is -0.0183. The number of hydrogen-bond donors (Lipinski definition) is 1. The molecule has 1 aromatic rings. The Bertz CT molecular complexity index is 997. The molecule has 0 heterocycles. The highest BCUT2D eigenvalue weighted by molar-refractivity contribution is 6.20. The first-order chi connectivity index (χ1) is 15.6. The number of azide groups is 3. The van der Waals surface area contributed by atoms with Gasteiger partial charge in [0, 0.05) is 20.8 Å². The molecule has 1 aliphatic rings. The summed E-state index contributed by atoms with van der Waals surface area (Å²) in [4.78, 5) is 32.1. The molecule has 166 valence electrons. The number of benzene rings is 1. The van der Waals surface area contributed by atoms with E-state index in [1.54, 1.807) is 18.2 Å². The molecule has 2 rings (SSSR count). The predicted molar refractivity (Wildman–Crippen MR) is 115 cm³/mol. The molecular formula is C18H21N11O3. The fourth-order valence-electron chi connectivity index (χ4n) is 3.44. The van der Waals surface area contributed by atoms with Gasteiger partial charge in [-0.3, -0.25) is 4.79 Å². The second-order valence-corrected chi connectivity index (χ2v) is 6.89. The zero-order chi connectivity index (χ0) is 23.2. The van der Waals surface area contributed by atoms with Gasteiger partial charge in [-0.05, 0) is 64.1 Å². The number of amides is 1. The molecule has 0 spiro atoms. The van der Waals surface area contributed by atoms with Crippen molar-refractivity contribution in [3.63, 3.8) is 0 Å². The van der Waals surface area contributed by atoms with Crippen molar-refractivity contribution < 1.29 is 9.53 Å². The van der Waals surface area contributed by atoms with E-state index in [-0.39, 0.29) is 37.5 Å². The largest absolute Gasteiger partial charge is 0.372 e. The summed E-state index contributed by atoms with van der Waals surface area (Å²) in [5.41, 5.74) is 27.0. The van der Waals surface area contributed by atoms with E-state index in [2.05, 4.69) is 40.6 Å². The monoisotopic (exact) mass is 439 g/mol. The van der Waals surface area contributed by atoms with Gasteiger partial charge in [0.15, 0.2) is 0 Å². The Morgan fingerprint density at radius 3 is 2.41 bits per heavy atom. The third-order valence-corrected chi connectivity index (χ3v) is 4.95. The molecule has 0 unspecified atom stereocenters. The maximum Gasteiger partial charge on any atom is 0.253 e. The lowest BCUT2D eigenvalue weighted by Gasteiger charge is -2.29. The molecule has 0 aromatic heterocycles. The Balaban J connectivity index is 2.18. The molecule has 14 nitrogen and oxygen atoms in total. The van der Waals surface area contributed by atoms with E-state index in [0.29, 0.717) is 42.4 Å². The molecule has 0 saturated heterocycles. The van der Waals surface area contributed by atoms with Gasteiger partial charge >= 0.3 is 0 Å². The Morgan fingerprint density at radius 1 is 1.06 bits per heavy atom. The van der Waals surface area contributed by atoms with Crippen LogP contribution < -0.4 is 5.32 Å². The number of nitrogens with zero attached hydrogens (tertiary/aromatic N) is 10. The van der Waals surface area contributed by atoms with E-state index in [1.807, 2.05) is 0 Å². The zero-order valence-electron chi connectivity index (χ0n) is 17.1. The minimum absolute atomic E-state index is 0.0210. The average molecular weight is 439 g/mol. The van der Waals surface area contributed by atoms with Gasteiger partial charge in [0.05, 0.1) is 31.0 Å². The van der Waals surface area contributed by atoms with E-state index in [0.717, 1.165) is 6.20 Å². The number of nitrogens with one attached hydrogen (secondary N) is 1. The van der Waals surface area contributed by atoms with E-state index in [4.69, 9.17) is 21.3 Å². The highest BCUT2D eigenvalue weighted by Gasteiger charge is 2.25. The van der Waals surface area contributed by atoms with Gasteiger partial charge in [0.2, 0.25) is 0 Å². The Morgan fingerprint density at radius 2 is 1.75 bits per heavy atom. The van der Waals surface area contributed by atoms with Gasteiger partial charge in [-0.1, -0.05) is 33.5 Å². The summed E-state index contributed by atoms with van der Waals surface area (Å²) in [6.07, 6.45) is 3.53. The first-order valence-electron chi connectivity index (χ1n) is 9.72. The smallest absolute Gasteiger partial charge is 0.253 e. The van der Waals surface area contributed by atoms with Crippen molar-refractivity contribution in [2.24, 2.45) is 20.5 Å². The van der Waals surface area contributed by atoms with Crippen LogP contribution in [0.4, 0.5) is 0 Å². The predicted octanol–water partition coefficient (Wildman–Crippen LogP) is 5.13. The average Bonchev–Trinajstić information content (AvgIpc) is 2.81. The molecule has 0 atom stereocenters. The number of carbonyl (C=O) groups is 1. The lowest BCUT2D eigenvalue weighted by molar-refractivity contribution is -0.116. The molecular weight excluding hydrogens is 418 g/mol. The lowest BCUT2D eigenvalue weighted by atomic mass is 9.92. The van der Waals surface area contributed by atoms with Gasteiger partial charge in [-0.15, -0.1) is 4.91 Å². The number of nitroso groups, excluding NO2 is 1. The standard InChI is InChI=1S/C18H21N11O3/c19-27-22-8-12-1-2-13(9-23-28-20)16(7-12)17(10-25-31)18(30)26-14-3-5-15(6-4-14)32-11-24-29-21/h1-2,7,10,14-15H,3-6,8-9,11H2,(H,26,30)/b17-10+. The van der Waals surface area contributed by atoms with Crippen LogP contribution in [0.1, 0.15) is 42.4 Å². The Kier molecular flexibility index (Phi) is 10.0.